The van der Waals surface area contributed by atoms with Gasteiger partial charge in [-0.25, -0.2) is 0 Å². The van der Waals surface area contributed by atoms with Crippen molar-refractivity contribution in [1.29, 1.82) is 0 Å². The van der Waals surface area contributed by atoms with Crippen LogP contribution in [-0.2, 0) is 0 Å². The van der Waals surface area contributed by atoms with Crippen LogP contribution in [0.25, 0.3) is 0 Å². The number of aliphatic hydroxyl groups is 1. The number of hydrogen-bond donors (Lipinski definition) is 1. The summed E-state index contributed by atoms with van der Waals surface area (Å²) in [6.07, 6.45) is 4.78. The normalized spacial score (nSPS) is 43.0. The van der Waals surface area contributed by atoms with E-state index < -0.39 is 0 Å². The summed E-state index contributed by atoms with van der Waals surface area (Å²) in [6.45, 7) is 6.74. The van der Waals surface area contributed by atoms with E-state index in [2.05, 4.69) is 20.8 Å². The van der Waals surface area contributed by atoms with Crippen molar-refractivity contribution in [3.8, 4) is 0 Å². The van der Waals surface area contributed by atoms with Crippen molar-refractivity contribution in [1.82, 2.24) is 0 Å². The first-order valence-corrected chi connectivity index (χ1v) is 5.33. The highest BCUT2D eigenvalue weighted by atomic mass is 16.3. The molecule has 1 saturated carbocycles. The van der Waals surface area contributed by atoms with Crippen LogP contribution < -0.4 is 0 Å². The summed E-state index contributed by atoms with van der Waals surface area (Å²) in [5.74, 6) is 2.12. The lowest BCUT2D eigenvalue weighted by atomic mass is 9.72. The first kappa shape index (κ1) is 10.0. The standard InChI is InChI=1S/C11H22O/c1-4-5-10-7-11(12)9(3)6-8(10)2/h8-12H,4-7H2,1-3H3. The van der Waals surface area contributed by atoms with E-state index in [4.69, 9.17) is 0 Å². The molecule has 0 heterocycles. The molecule has 1 rings (SSSR count). The van der Waals surface area contributed by atoms with Crippen LogP contribution in [0.3, 0.4) is 0 Å². The zero-order chi connectivity index (χ0) is 9.14. The molecule has 0 amide bonds. The smallest absolute Gasteiger partial charge is 0.0568 e. The van der Waals surface area contributed by atoms with E-state index in [-0.39, 0.29) is 6.10 Å². The predicted octanol–water partition coefficient (Wildman–Crippen LogP) is 2.83. The molecule has 4 unspecified atom stereocenters. The first-order chi connectivity index (χ1) is 5.65. The van der Waals surface area contributed by atoms with E-state index in [0.29, 0.717) is 5.92 Å². The highest BCUT2D eigenvalue weighted by Gasteiger charge is 2.30. The Labute approximate surface area is 76.2 Å². The Kier molecular flexibility index (Phi) is 3.57. The van der Waals surface area contributed by atoms with Gasteiger partial charge in [0.1, 0.15) is 0 Å². The zero-order valence-corrected chi connectivity index (χ0v) is 8.59. The van der Waals surface area contributed by atoms with E-state index in [9.17, 15) is 5.11 Å². The topological polar surface area (TPSA) is 20.2 Å². The van der Waals surface area contributed by atoms with Gasteiger partial charge in [0.15, 0.2) is 0 Å². The lowest BCUT2D eigenvalue weighted by Crippen LogP contribution is -2.32. The van der Waals surface area contributed by atoms with Gasteiger partial charge in [-0.2, -0.15) is 0 Å². The summed E-state index contributed by atoms with van der Waals surface area (Å²) in [5, 5.41) is 9.69. The molecule has 0 aromatic rings. The molecular weight excluding hydrogens is 148 g/mol. The Morgan fingerprint density at radius 1 is 1.17 bits per heavy atom. The van der Waals surface area contributed by atoms with Gasteiger partial charge in [0.05, 0.1) is 6.10 Å². The Balaban J connectivity index is 2.43. The summed E-state index contributed by atoms with van der Waals surface area (Å²) in [7, 11) is 0. The van der Waals surface area contributed by atoms with E-state index >= 15 is 0 Å². The molecule has 1 N–H and O–H groups in total. The Bertz CT molecular complexity index is 133. The third-order valence-electron chi connectivity index (χ3n) is 3.41. The largest absolute Gasteiger partial charge is 0.393 e. The second kappa shape index (κ2) is 4.27. The van der Waals surface area contributed by atoms with E-state index in [1.807, 2.05) is 0 Å². The van der Waals surface area contributed by atoms with Gasteiger partial charge in [0.2, 0.25) is 0 Å². The van der Waals surface area contributed by atoms with E-state index in [1.54, 1.807) is 0 Å². The minimum atomic E-state index is -0.0299. The Hall–Kier alpha value is -0.0400. The minimum Gasteiger partial charge on any atom is -0.393 e. The van der Waals surface area contributed by atoms with Crippen LogP contribution in [0, 0.1) is 17.8 Å². The van der Waals surface area contributed by atoms with Gasteiger partial charge in [0.25, 0.3) is 0 Å². The van der Waals surface area contributed by atoms with Gasteiger partial charge in [-0.1, -0.05) is 33.6 Å². The number of aliphatic hydroxyl groups excluding tert-OH is 1. The Morgan fingerprint density at radius 3 is 2.42 bits per heavy atom. The summed E-state index contributed by atoms with van der Waals surface area (Å²) in [4.78, 5) is 0. The molecule has 1 aliphatic carbocycles. The second-order valence-corrected chi connectivity index (χ2v) is 4.54. The van der Waals surface area contributed by atoms with Crippen molar-refractivity contribution in [2.45, 2.75) is 52.6 Å². The fraction of sp³-hybridized carbons (Fsp3) is 1.00. The molecule has 0 aromatic carbocycles. The molecule has 1 fully saturated rings. The third-order valence-corrected chi connectivity index (χ3v) is 3.41. The maximum Gasteiger partial charge on any atom is 0.0568 e. The minimum absolute atomic E-state index is 0.0299. The lowest BCUT2D eigenvalue weighted by Gasteiger charge is -2.36. The van der Waals surface area contributed by atoms with Gasteiger partial charge in [0, 0.05) is 0 Å². The molecule has 4 atom stereocenters. The maximum atomic E-state index is 9.69. The molecule has 0 bridgehead atoms. The van der Waals surface area contributed by atoms with Gasteiger partial charge < -0.3 is 5.11 Å². The lowest BCUT2D eigenvalue weighted by molar-refractivity contribution is 0.0247. The van der Waals surface area contributed by atoms with Crippen LogP contribution in [0.5, 0.6) is 0 Å². The van der Waals surface area contributed by atoms with Crippen LogP contribution in [0.2, 0.25) is 0 Å². The van der Waals surface area contributed by atoms with Crippen molar-refractivity contribution >= 4 is 0 Å². The maximum absolute atomic E-state index is 9.69. The van der Waals surface area contributed by atoms with Crippen LogP contribution >= 0.6 is 0 Å². The zero-order valence-electron chi connectivity index (χ0n) is 8.59. The summed E-state index contributed by atoms with van der Waals surface area (Å²) in [5.41, 5.74) is 0. The van der Waals surface area contributed by atoms with Gasteiger partial charge in [-0.3, -0.25) is 0 Å². The van der Waals surface area contributed by atoms with Gasteiger partial charge in [-0.05, 0) is 30.6 Å². The predicted molar refractivity (Wildman–Crippen MR) is 52.0 cm³/mol. The second-order valence-electron chi connectivity index (χ2n) is 4.54. The summed E-state index contributed by atoms with van der Waals surface area (Å²) in [6, 6.07) is 0. The highest BCUT2D eigenvalue weighted by molar-refractivity contribution is 4.81. The van der Waals surface area contributed by atoms with Gasteiger partial charge >= 0.3 is 0 Å². The molecular formula is C11H22O. The average Bonchev–Trinajstić information content (AvgIpc) is 2.01. The van der Waals surface area contributed by atoms with Crippen molar-refractivity contribution in [2.24, 2.45) is 17.8 Å². The summed E-state index contributed by atoms with van der Waals surface area (Å²) < 4.78 is 0. The molecule has 0 aromatic heterocycles. The molecule has 0 radical (unpaired) electrons. The highest BCUT2D eigenvalue weighted by Crippen LogP contribution is 2.35. The van der Waals surface area contributed by atoms with Crippen molar-refractivity contribution in [3.05, 3.63) is 0 Å². The van der Waals surface area contributed by atoms with Crippen molar-refractivity contribution in [3.63, 3.8) is 0 Å². The number of hydrogen-bond acceptors (Lipinski definition) is 1. The molecule has 0 aliphatic heterocycles. The van der Waals surface area contributed by atoms with Gasteiger partial charge in [-0.15, -0.1) is 0 Å². The first-order valence-electron chi connectivity index (χ1n) is 5.33. The van der Waals surface area contributed by atoms with E-state index in [0.717, 1.165) is 18.3 Å². The molecule has 1 heteroatoms. The Morgan fingerprint density at radius 2 is 1.83 bits per heavy atom. The van der Waals surface area contributed by atoms with E-state index in [1.165, 1.54) is 19.3 Å². The average molecular weight is 170 g/mol. The van der Waals surface area contributed by atoms with Crippen LogP contribution in [0.4, 0.5) is 0 Å². The quantitative estimate of drug-likeness (QED) is 0.675. The number of rotatable bonds is 2. The van der Waals surface area contributed by atoms with Crippen LogP contribution in [-0.4, -0.2) is 11.2 Å². The monoisotopic (exact) mass is 170 g/mol. The third kappa shape index (κ3) is 2.22. The fourth-order valence-corrected chi connectivity index (χ4v) is 2.48. The molecule has 1 aliphatic rings. The van der Waals surface area contributed by atoms with Crippen LogP contribution in [0.15, 0.2) is 0 Å². The molecule has 12 heavy (non-hydrogen) atoms. The summed E-state index contributed by atoms with van der Waals surface area (Å²) >= 11 is 0. The van der Waals surface area contributed by atoms with Crippen LogP contribution in [0.1, 0.15) is 46.5 Å². The molecule has 1 nitrogen and oxygen atoms in total. The molecule has 72 valence electrons. The SMILES string of the molecule is CCCC1CC(O)C(C)CC1C. The molecule has 0 saturated heterocycles. The molecule has 0 spiro atoms. The fourth-order valence-electron chi connectivity index (χ4n) is 2.48. The van der Waals surface area contributed by atoms with Crippen molar-refractivity contribution < 1.29 is 5.11 Å². The van der Waals surface area contributed by atoms with Crippen molar-refractivity contribution in [2.75, 3.05) is 0 Å².